The first-order valence-corrected chi connectivity index (χ1v) is 7.73. The fraction of sp³-hybridized carbons (Fsp3) is 0.471. The third kappa shape index (κ3) is 3.00. The smallest absolute Gasteiger partial charge is 0.242 e. The van der Waals surface area contributed by atoms with Crippen LogP contribution in [0, 0.1) is 0 Å². The Hall–Kier alpha value is -1.85. The van der Waals surface area contributed by atoms with Gasteiger partial charge in [0.2, 0.25) is 5.91 Å². The first kappa shape index (κ1) is 15.1. The molecule has 0 aromatic heterocycles. The van der Waals surface area contributed by atoms with Gasteiger partial charge < -0.3 is 20.1 Å². The third-order valence-corrected chi connectivity index (χ3v) is 4.44. The zero-order valence-electron chi connectivity index (χ0n) is 12.8. The highest BCUT2D eigenvalue weighted by molar-refractivity contribution is 5.84. The Labute approximate surface area is 130 Å². The summed E-state index contributed by atoms with van der Waals surface area (Å²) < 4.78 is 5.17. The van der Waals surface area contributed by atoms with Crippen LogP contribution in [0.2, 0.25) is 0 Å². The molecule has 22 heavy (non-hydrogen) atoms. The van der Waals surface area contributed by atoms with Gasteiger partial charge in [0.05, 0.1) is 13.2 Å². The van der Waals surface area contributed by atoms with Gasteiger partial charge in [0.1, 0.15) is 11.8 Å². The van der Waals surface area contributed by atoms with Crippen LogP contribution in [-0.4, -0.2) is 54.8 Å². The van der Waals surface area contributed by atoms with Gasteiger partial charge in [-0.1, -0.05) is 18.2 Å². The monoisotopic (exact) mass is 302 g/mol. The lowest BCUT2D eigenvalue weighted by Crippen LogP contribution is -2.49. The Bertz CT molecular complexity index is 568. The van der Waals surface area contributed by atoms with E-state index in [4.69, 9.17) is 4.74 Å². The number of rotatable bonds is 3. The molecule has 2 aliphatic rings. The molecular formula is C17H22N2O3. The fourth-order valence-electron chi connectivity index (χ4n) is 3.07. The molecular weight excluding hydrogens is 280 g/mol. The van der Waals surface area contributed by atoms with Crippen molar-refractivity contribution in [3.63, 3.8) is 0 Å². The third-order valence-electron chi connectivity index (χ3n) is 4.44. The van der Waals surface area contributed by atoms with Crippen LogP contribution in [-0.2, 0) is 4.79 Å². The maximum absolute atomic E-state index is 12.4. The molecule has 2 aliphatic heterocycles. The van der Waals surface area contributed by atoms with Gasteiger partial charge >= 0.3 is 0 Å². The van der Waals surface area contributed by atoms with Gasteiger partial charge in [0.25, 0.3) is 0 Å². The first-order valence-electron chi connectivity index (χ1n) is 7.73. The van der Waals surface area contributed by atoms with Crippen molar-refractivity contribution in [1.82, 2.24) is 10.2 Å². The first-order chi connectivity index (χ1) is 10.7. The van der Waals surface area contributed by atoms with E-state index < -0.39 is 12.1 Å². The second kappa shape index (κ2) is 6.50. The molecule has 0 unspecified atom stereocenters. The lowest BCUT2D eigenvalue weighted by Gasteiger charge is -2.30. The molecule has 1 aromatic rings. The Morgan fingerprint density at radius 1 is 1.36 bits per heavy atom. The van der Waals surface area contributed by atoms with Crippen molar-refractivity contribution >= 4 is 11.5 Å². The van der Waals surface area contributed by atoms with E-state index in [1.807, 2.05) is 29.2 Å². The van der Waals surface area contributed by atoms with Crippen molar-refractivity contribution in [2.75, 3.05) is 26.7 Å². The van der Waals surface area contributed by atoms with E-state index in [9.17, 15) is 9.90 Å². The highest BCUT2D eigenvalue weighted by Crippen LogP contribution is 2.25. The van der Waals surface area contributed by atoms with Crippen molar-refractivity contribution in [3.8, 4) is 5.75 Å². The van der Waals surface area contributed by atoms with Crippen LogP contribution < -0.4 is 10.1 Å². The van der Waals surface area contributed by atoms with Gasteiger partial charge in [-0.2, -0.15) is 0 Å². The van der Waals surface area contributed by atoms with Crippen molar-refractivity contribution in [2.45, 2.75) is 25.0 Å². The summed E-state index contributed by atoms with van der Waals surface area (Å²) >= 11 is 0. The van der Waals surface area contributed by atoms with Crippen LogP contribution >= 0.6 is 0 Å². The van der Waals surface area contributed by atoms with E-state index in [2.05, 4.69) is 11.4 Å². The summed E-state index contributed by atoms with van der Waals surface area (Å²) in [5.41, 5.74) is 2.43. The second-order valence-electron chi connectivity index (χ2n) is 5.78. The Morgan fingerprint density at radius 3 is 2.68 bits per heavy atom. The largest absolute Gasteiger partial charge is 0.497 e. The number of nitrogens with zero attached hydrogens (tertiary/aromatic N) is 1. The van der Waals surface area contributed by atoms with E-state index in [0.717, 1.165) is 12.2 Å². The Balaban J connectivity index is 1.64. The lowest BCUT2D eigenvalue weighted by molar-refractivity contribution is -0.134. The number of amides is 1. The summed E-state index contributed by atoms with van der Waals surface area (Å²) in [6.07, 6.45) is 3.03. The zero-order valence-corrected chi connectivity index (χ0v) is 12.8. The molecule has 0 radical (unpaired) electrons. The van der Waals surface area contributed by atoms with Gasteiger partial charge in [-0.05, 0) is 42.7 Å². The number of hydrogen-bond donors (Lipinski definition) is 2. The molecule has 2 N–H and O–H groups in total. The Kier molecular flexibility index (Phi) is 4.45. The minimum Gasteiger partial charge on any atom is -0.497 e. The molecule has 1 amide bonds. The fourth-order valence-corrected chi connectivity index (χ4v) is 3.07. The van der Waals surface area contributed by atoms with Crippen molar-refractivity contribution in [2.24, 2.45) is 0 Å². The molecule has 1 aromatic carbocycles. The number of carbonyl (C=O) groups excluding carboxylic acids is 1. The Morgan fingerprint density at radius 2 is 2.14 bits per heavy atom. The molecule has 0 aliphatic carbocycles. The summed E-state index contributed by atoms with van der Waals surface area (Å²) in [6.45, 7) is 2.01. The van der Waals surface area contributed by atoms with E-state index >= 15 is 0 Å². The van der Waals surface area contributed by atoms with Crippen LogP contribution in [0.3, 0.4) is 0 Å². The SMILES string of the molecule is COc1ccc(C2=CCN(C(=O)[C@H]3NCC[C@H]3O)CC2)cc1. The van der Waals surface area contributed by atoms with Gasteiger partial charge in [-0.25, -0.2) is 0 Å². The molecule has 1 fully saturated rings. The molecule has 0 spiro atoms. The minimum atomic E-state index is -0.556. The standard InChI is InChI=1S/C17H22N2O3/c1-22-14-4-2-12(3-5-14)13-7-10-19(11-8-13)17(21)16-15(20)6-9-18-16/h2-5,7,15-16,18,20H,6,8-11H2,1H3/t15-,16+/m1/s1. The van der Waals surface area contributed by atoms with Crippen molar-refractivity contribution < 1.29 is 14.6 Å². The maximum Gasteiger partial charge on any atom is 0.242 e. The number of aliphatic hydroxyl groups excluding tert-OH is 1. The molecule has 0 bridgehead atoms. The maximum atomic E-state index is 12.4. The number of benzene rings is 1. The topological polar surface area (TPSA) is 61.8 Å². The van der Waals surface area contributed by atoms with Crippen LogP contribution in [0.15, 0.2) is 30.3 Å². The number of methoxy groups -OCH3 is 1. The summed E-state index contributed by atoms with van der Waals surface area (Å²) in [7, 11) is 1.66. The van der Waals surface area contributed by atoms with Crippen molar-refractivity contribution in [3.05, 3.63) is 35.9 Å². The summed E-state index contributed by atoms with van der Waals surface area (Å²) in [5.74, 6) is 0.855. The molecule has 1 saturated heterocycles. The van der Waals surface area contributed by atoms with Gasteiger partial charge in [0, 0.05) is 13.1 Å². The van der Waals surface area contributed by atoms with E-state index in [1.54, 1.807) is 7.11 Å². The quantitative estimate of drug-likeness (QED) is 0.875. The van der Waals surface area contributed by atoms with Crippen LogP contribution in [0.25, 0.3) is 5.57 Å². The van der Waals surface area contributed by atoms with Gasteiger partial charge in [-0.15, -0.1) is 0 Å². The van der Waals surface area contributed by atoms with Crippen molar-refractivity contribution in [1.29, 1.82) is 0 Å². The molecule has 2 heterocycles. The second-order valence-corrected chi connectivity index (χ2v) is 5.78. The number of aliphatic hydroxyl groups is 1. The number of carbonyl (C=O) groups is 1. The van der Waals surface area contributed by atoms with E-state index in [-0.39, 0.29) is 5.91 Å². The normalized spacial score (nSPS) is 25.0. The van der Waals surface area contributed by atoms with E-state index in [1.165, 1.54) is 11.1 Å². The van der Waals surface area contributed by atoms with Crippen LogP contribution in [0.5, 0.6) is 5.75 Å². The minimum absolute atomic E-state index is 0.00929. The molecule has 2 atom stereocenters. The van der Waals surface area contributed by atoms with Crippen LogP contribution in [0.4, 0.5) is 0 Å². The van der Waals surface area contributed by atoms with Gasteiger partial charge in [-0.3, -0.25) is 4.79 Å². The van der Waals surface area contributed by atoms with Gasteiger partial charge in [0.15, 0.2) is 0 Å². The number of nitrogens with one attached hydrogen (secondary N) is 1. The lowest BCUT2D eigenvalue weighted by atomic mass is 9.99. The molecule has 118 valence electrons. The summed E-state index contributed by atoms with van der Waals surface area (Å²) in [6, 6.07) is 7.56. The number of ether oxygens (including phenoxy) is 1. The average molecular weight is 302 g/mol. The predicted octanol–water partition coefficient (Wildman–Crippen LogP) is 1.03. The zero-order chi connectivity index (χ0) is 15.5. The van der Waals surface area contributed by atoms with Crippen LogP contribution in [0.1, 0.15) is 18.4 Å². The molecule has 0 saturated carbocycles. The number of hydrogen-bond acceptors (Lipinski definition) is 4. The molecule has 3 rings (SSSR count). The molecule has 5 nitrogen and oxygen atoms in total. The van der Waals surface area contributed by atoms with E-state index in [0.29, 0.717) is 26.1 Å². The molecule has 5 heteroatoms. The highest BCUT2D eigenvalue weighted by Gasteiger charge is 2.34. The summed E-state index contributed by atoms with van der Waals surface area (Å²) in [5, 5.41) is 12.9. The predicted molar refractivity (Wildman–Crippen MR) is 84.6 cm³/mol. The summed E-state index contributed by atoms with van der Waals surface area (Å²) in [4.78, 5) is 14.2. The average Bonchev–Trinajstić information content (AvgIpc) is 3.00. The highest BCUT2D eigenvalue weighted by atomic mass is 16.5.